The molecule has 3 aromatic heterocycles. The van der Waals surface area contributed by atoms with Crippen molar-refractivity contribution < 1.29 is 9.32 Å². The first-order valence-corrected chi connectivity index (χ1v) is 10.2. The van der Waals surface area contributed by atoms with Gasteiger partial charge < -0.3 is 10.6 Å². The van der Waals surface area contributed by atoms with E-state index in [0.29, 0.717) is 12.8 Å². The minimum Gasteiger partial charge on any atom is -0.383 e. The second kappa shape index (κ2) is 9.85. The molecule has 0 aliphatic carbocycles. The molecule has 3 rings (SSSR count). The standard InChI is InChI=1S/C19H24N8O5/c1-3-5-10-25(13-14(20)26(9-4-2)18(30)23-17(13)29)12(28)11-27-16(24-32-19(27)31)15-21-7-6-8-22-15/h6-8H,3-5,9-11,20H2,1-2H3,(H,23,29,30). The summed E-state index contributed by atoms with van der Waals surface area (Å²) in [6.07, 6.45) is 4.79. The van der Waals surface area contributed by atoms with E-state index in [9.17, 15) is 19.2 Å². The number of amides is 1. The van der Waals surface area contributed by atoms with Crippen LogP contribution in [0.5, 0.6) is 0 Å². The SMILES string of the molecule is CCCCN(C(=O)Cn1c(-c2ncccn2)noc1=O)c1c(N)n(CCC)c(=O)[nH]c1=O. The van der Waals surface area contributed by atoms with Crippen molar-refractivity contribution in [1.82, 2.24) is 29.2 Å². The monoisotopic (exact) mass is 444 g/mol. The predicted octanol–water partition coefficient (Wildman–Crippen LogP) is -0.0312. The normalized spacial score (nSPS) is 10.9. The van der Waals surface area contributed by atoms with Crippen LogP contribution in [0.2, 0.25) is 0 Å². The quantitative estimate of drug-likeness (QED) is 0.459. The van der Waals surface area contributed by atoms with Crippen LogP contribution >= 0.6 is 0 Å². The molecule has 0 aromatic carbocycles. The number of unbranched alkanes of at least 4 members (excludes halogenated alkanes) is 1. The van der Waals surface area contributed by atoms with E-state index in [1.54, 1.807) is 6.07 Å². The van der Waals surface area contributed by atoms with Crippen molar-refractivity contribution in [3.05, 3.63) is 49.8 Å². The van der Waals surface area contributed by atoms with Crippen molar-refractivity contribution in [2.45, 2.75) is 46.2 Å². The van der Waals surface area contributed by atoms with Gasteiger partial charge in [-0.05, 0) is 18.9 Å². The lowest BCUT2D eigenvalue weighted by molar-refractivity contribution is -0.119. The Morgan fingerprint density at radius 2 is 1.88 bits per heavy atom. The zero-order valence-corrected chi connectivity index (χ0v) is 17.8. The smallest absolute Gasteiger partial charge is 0.383 e. The van der Waals surface area contributed by atoms with Gasteiger partial charge in [-0.25, -0.2) is 24.1 Å². The van der Waals surface area contributed by atoms with Crippen molar-refractivity contribution >= 4 is 17.4 Å². The Hall–Kier alpha value is -4.03. The van der Waals surface area contributed by atoms with Crippen molar-refractivity contribution in [3.63, 3.8) is 0 Å². The van der Waals surface area contributed by atoms with Crippen LogP contribution in [0, 0.1) is 0 Å². The first-order chi connectivity index (χ1) is 15.4. The minimum absolute atomic E-state index is 0.0303. The number of carbonyl (C=O) groups is 1. The lowest BCUT2D eigenvalue weighted by atomic mass is 10.2. The second-order valence-electron chi connectivity index (χ2n) is 6.97. The van der Waals surface area contributed by atoms with E-state index in [-0.39, 0.29) is 36.2 Å². The van der Waals surface area contributed by atoms with Crippen molar-refractivity contribution in [2.24, 2.45) is 0 Å². The molecule has 0 spiro atoms. The van der Waals surface area contributed by atoms with Crippen LogP contribution < -0.4 is 27.6 Å². The summed E-state index contributed by atoms with van der Waals surface area (Å²) in [5.41, 5.74) is 4.56. The zero-order valence-electron chi connectivity index (χ0n) is 17.8. The molecule has 0 aliphatic heterocycles. The van der Waals surface area contributed by atoms with E-state index in [0.717, 1.165) is 11.0 Å². The number of nitrogens with one attached hydrogen (secondary N) is 1. The number of anilines is 2. The van der Waals surface area contributed by atoms with Gasteiger partial charge in [0.25, 0.3) is 5.56 Å². The zero-order chi connectivity index (χ0) is 23.3. The molecule has 0 radical (unpaired) electrons. The molecular weight excluding hydrogens is 420 g/mol. The maximum absolute atomic E-state index is 13.3. The van der Waals surface area contributed by atoms with Crippen molar-refractivity contribution in [2.75, 3.05) is 17.2 Å². The van der Waals surface area contributed by atoms with Gasteiger partial charge in [-0.1, -0.05) is 25.4 Å². The van der Waals surface area contributed by atoms with Crippen LogP contribution in [0.3, 0.4) is 0 Å². The molecule has 1 amide bonds. The molecule has 0 saturated carbocycles. The number of nitrogen functional groups attached to an aromatic ring is 1. The Kier molecular flexibility index (Phi) is 6.97. The van der Waals surface area contributed by atoms with Crippen LogP contribution in [-0.4, -0.2) is 41.7 Å². The van der Waals surface area contributed by atoms with Gasteiger partial charge in [-0.3, -0.25) is 23.7 Å². The third kappa shape index (κ3) is 4.50. The number of nitrogens with two attached hydrogens (primary N) is 1. The molecule has 3 aromatic rings. The fraction of sp³-hybridized carbons (Fsp3) is 0.421. The highest BCUT2D eigenvalue weighted by molar-refractivity contribution is 5.95. The van der Waals surface area contributed by atoms with Crippen LogP contribution in [0.1, 0.15) is 33.1 Å². The summed E-state index contributed by atoms with van der Waals surface area (Å²) >= 11 is 0. The fourth-order valence-electron chi connectivity index (χ4n) is 3.16. The summed E-state index contributed by atoms with van der Waals surface area (Å²) in [4.78, 5) is 61.7. The van der Waals surface area contributed by atoms with Crippen molar-refractivity contribution in [3.8, 4) is 11.6 Å². The Morgan fingerprint density at radius 1 is 1.16 bits per heavy atom. The summed E-state index contributed by atoms with van der Waals surface area (Å²) in [7, 11) is 0. The maximum Gasteiger partial charge on any atom is 0.442 e. The van der Waals surface area contributed by atoms with Gasteiger partial charge in [0.2, 0.25) is 11.7 Å². The third-order valence-corrected chi connectivity index (χ3v) is 4.71. The highest BCUT2D eigenvalue weighted by atomic mass is 16.5. The van der Waals surface area contributed by atoms with Crippen LogP contribution in [0.15, 0.2) is 37.4 Å². The Bertz CT molecular complexity index is 1260. The van der Waals surface area contributed by atoms with E-state index in [1.807, 2.05) is 13.8 Å². The summed E-state index contributed by atoms with van der Waals surface area (Å²) < 4.78 is 6.88. The van der Waals surface area contributed by atoms with Gasteiger partial charge in [-0.15, -0.1) is 0 Å². The summed E-state index contributed by atoms with van der Waals surface area (Å²) in [6.45, 7) is 3.70. The van der Waals surface area contributed by atoms with Crippen LogP contribution in [0.25, 0.3) is 11.6 Å². The van der Waals surface area contributed by atoms with Gasteiger partial charge in [0.05, 0.1) is 0 Å². The van der Waals surface area contributed by atoms with Gasteiger partial charge in [0.1, 0.15) is 12.4 Å². The number of aromatic amines is 1. The average molecular weight is 444 g/mol. The molecule has 13 heteroatoms. The topological polar surface area (TPSA) is 175 Å². The average Bonchev–Trinajstić information content (AvgIpc) is 3.14. The van der Waals surface area contributed by atoms with Crippen LogP contribution in [-0.2, 0) is 17.9 Å². The molecular formula is C19H24N8O5. The lowest BCUT2D eigenvalue weighted by Gasteiger charge is -2.24. The van der Waals surface area contributed by atoms with Gasteiger partial charge in [0.15, 0.2) is 11.5 Å². The van der Waals surface area contributed by atoms with Gasteiger partial charge in [-0.2, -0.15) is 0 Å². The molecule has 170 valence electrons. The molecule has 13 nitrogen and oxygen atoms in total. The molecule has 0 saturated heterocycles. The molecule has 0 fully saturated rings. The molecule has 0 atom stereocenters. The largest absolute Gasteiger partial charge is 0.442 e. The third-order valence-electron chi connectivity index (χ3n) is 4.71. The fourth-order valence-corrected chi connectivity index (χ4v) is 3.16. The molecule has 32 heavy (non-hydrogen) atoms. The molecule has 3 N–H and O–H groups in total. The Morgan fingerprint density at radius 3 is 2.53 bits per heavy atom. The molecule has 0 unspecified atom stereocenters. The van der Waals surface area contributed by atoms with Crippen LogP contribution in [0.4, 0.5) is 11.5 Å². The van der Waals surface area contributed by atoms with E-state index >= 15 is 0 Å². The molecule has 0 bridgehead atoms. The summed E-state index contributed by atoms with van der Waals surface area (Å²) in [5, 5.41) is 3.66. The highest BCUT2D eigenvalue weighted by Gasteiger charge is 2.26. The number of hydrogen-bond acceptors (Lipinski definition) is 9. The number of H-pyrrole nitrogens is 1. The number of aromatic nitrogens is 6. The van der Waals surface area contributed by atoms with E-state index in [1.165, 1.54) is 21.9 Å². The summed E-state index contributed by atoms with van der Waals surface area (Å²) in [5.74, 6) is -1.54. The van der Waals surface area contributed by atoms with Crippen molar-refractivity contribution in [1.29, 1.82) is 0 Å². The summed E-state index contributed by atoms with van der Waals surface area (Å²) in [6, 6.07) is 1.59. The first-order valence-electron chi connectivity index (χ1n) is 10.2. The van der Waals surface area contributed by atoms with E-state index in [2.05, 4.69) is 20.1 Å². The Labute approximate surface area is 181 Å². The number of nitrogens with zero attached hydrogens (tertiary/aromatic N) is 6. The predicted molar refractivity (Wildman–Crippen MR) is 115 cm³/mol. The number of carbonyl (C=O) groups excluding carboxylic acids is 1. The second-order valence-corrected chi connectivity index (χ2v) is 6.97. The maximum atomic E-state index is 13.3. The molecule has 0 aliphatic rings. The van der Waals surface area contributed by atoms with E-state index < -0.39 is 29.5 Å². The Balaban J connectivity index is 2.04. The van der Waals surface area contributed by atoms with Gasteiger partial charge >= 0.3 is 11.4 Å². The first kappa shape index (κ1) is 22.7. The van der Waals surface area contributed by atoms with Gasteiger partial charge in [0, 0.05) is 25.5 Å². The minimum atomic E-state index is -0.880. The lowest BCUT2D eigenvalue weighted by Crippen LogP contribution is -2.43. The molecule has 3 heterocycles. The number of hydrogen-bond donors (Lipinski definition) is 2. The highest BCUT2D eigenvalue weighted by Crippen LogP contribution is 2.19. The number of rotatable bonds is 9. The van der Waals surface area contributed by atoms with E-state index in [4.69, 9.17) is 10.3 Å².